The minimum Gasteiger partial charge on any atom is -0.492 e. The van der Waals surface area contributed by atoms with Gasteiger partial charge in [-0.15, -0.1) is 0 Å². The molecule has 230 valence electrons. The molecule has 8 nitrogen and oxygen atoms in total. The minimum atomic E-state index is -4.64. The van der Waals surface area contributed by atoms with Crippen molar-refractivity contribution >= 4 is 48.8 Å². The molecule has 2 aromatic carbocycles. The average molecular weight is 651 g/mol. The standard InChI is InChI=1S/C29H42Cl2NO7PS/c1-3-4-5-6-7-8-9-10-11-12-17-37-26-18-25(31)27(19-24(26)30)39-40(35,36)38-22-15-13-21(14-16-22)23(20-41-2)28(32)29(33)34/h13-16,18-19,23,28H,3-12,17,20,32H2,1-2H3,(H,33,34)(H,35,36). The van der Waals surface area contributed by atoms with E-state index < -0.39 is 25.8 Å². The zero-order valence-electron chi connectivity index (χ0n) is 23.7. The molecule has 0 bridgehead atoms. The number of hydrogen-bond donors (Lipinski definition) is 3. The third kappa shape index (κ3) is 13.1. The van der Waals surface area contributed by atoms with Gasteiger partial charge in [-0.25, -0.2) is 4.57 Å². The Labute approximate surface area is 257 Å². The summed E-state index contributed by atoms with van der Waals surface area (Å²) in [6.07, 6.45) is 14.0. The van der Waals surface area contributed by atoms with Gasteiger partial charge in [-0.3, -0.25) is 9.69 Å². The SMILES string of the molecule is CCCCCCCCCCCCOc1cc(Cl)c(OP(=O)(O)Oc2ccc(C(CSC)C(N)C(=O)O)cc2)cc1Cl. The van der Waals surface area contributed by atoms with Crippen LogP contribution in [-0.4, -0.2) is 40.6 Å². The Morgan fingerprint density at radius 3 is 2.02 bits per heavy atom. The summed E-state index contributed by atoms with van der Waals surface area (Å²) in [6.45, 7) is 2.71. The molecule has 0 spiro atoms. The molecule has 41 heavy (non-hydrogen) atoms. The normalized spacial score (nSPS) is 14.2. The van der Waals surface area contributed by atoms with Crippen molar-refractivity contribution in [3.63, 3.8) is 0 Å². The number of hydrogen-bond acceptors (Lipinski definition) is 7. The summed E-state index contributed by atoms with van der Waals surface area (Å²) in [5.74, 6) is -0.775. The van der Waals surface area contributed by atoms with Crippen molar-refractivity contribution in [2.24, 2.45) is 5.73 Å². The summed E-state index contributed by atoms with van der Waals surface area (Å²) in [7, 11) is -4.64. The fourth-order valence-corrected chi connectivity index (χ4v) is 6.31. The van der Waals surface area contributed by atoms with Crippen LogP contribution in [-0.2, 0) is 9.36 Å². The van der Waals surface area contributed by atoms with E-state index in [1.165, 1.54) is 87.4 Å². The van der Waals surface area contributed by atoms with Crippen molar-refractivity contribution in [3.05, 3.63) is 52.0 Å². The van der Waals surface area contributed by atoms with E-state index in [1.807, 2.05) is 6.26 Å². The molecule has 0 radical (unpaired) electrons. The Morgan fingerprint density at radius 1 is 0.927 bits per heavy atom. The first-order chi connectivity index (χ1) is 19.6. The Balaban J connectivity index is 1.86. The third-order valence-corrected chi connectivity index (χ3v) is 8.70. The largest absolute Gasteiger partial charge is 0.584 e. The number of rotatable bonds is 21. The van der Waals surface area contributed by atoms with Crippen LogP contribution in [0.1, 0.15) is 82.6 Å². The Kier molecular flexibility index (Phi) is 16.3. The maximum atomic E-state index is 12.7. The van der Waals surface area contributed by atoms with E-state index in [9.17, 15) is 19.4 Å². The first kappa shape index (κ1) is 35.6. The number of aliphatic carboxylic acids is 1. The number of nitrogens with two attached hydrogens (primary N) is 1. The summed E-state index contributed by atoms with van der Waals surface area (Å²) in [6, 6.07) is 7.77. The van der Waals surface area contributed by atoms with Crippen LogP contribution < -0.4 is 19.5 Å². The fourth-order valence-electron chi connectivity index (χ4n) is 4.27. The minimum absolute atomic E-state index is 0.0447. The van der Waals surface area contributed by atoms with Crippen LogP contribution >= 0.6 is 42.8 Å². The molecule has 3 unspecified atom stereocenters. The quantitative estimate of drug-likeness (QED) is 0.0898. The van der Waals surface area contributed by atoms with Crippen LogP contribution in [0.2, 0.25) is 10.0 Å². The molecule has 0 saturated carbocycles. The fraction of sp³-hybridized carbons (Fsp3) is 0.552. The highest BCUT2D eigenvalue weighted by Gasteiger charge is 2.29. The van der Waals surface area contributed by atoms with Crippen LogP contribution in [0.3, 0.4) is 0 Å². The molecule has 4 N–H and O–H groups in total. The summed E-state index contributed by atoms with van der Waals surface area (Å²) >= 11 is 14.1. The number of phosphoric acid groups is 1. The van der Waals surface area contributed by atoms with Crippen LogP contribution in [0.25, 0.3) is 0 Å². The first-order valence-corrected chi connectivity index (χ1v) is 17.6. The zero-order valence-corrected chi connectivity index (χ0v) is 27.0. The Bertz CT molecular complexity index is 1120. The van der Waals surface area contributed by atoms with E-state index in [-0.39, 0.29) is 21.5 Å². The molecule has 0 aliphatic heterocycles. The van der Waals surface area contributed by atoms with Crippen LogP contribution in [0.4, 0.5) is 0 Å². The summed E-state index contributed by atoms with van der Waals surface area (Å²) in [5, 5.41) is 9.52. The van der Waals surface area contributed by atoms with Gasteiger partial charge in [0.15, 0.2) is 5.75 Å². The van der Waals surface area contributed by atoms with E-state index in [0.29, 0.717) is 23.7 Å². The number of unbranched alkanes of at least 4 members (excludes halogenated alkanes) is 9. The van der Waals surface area contributed by atoms with Gasteiger partial charge in [0.1, 0.15) is 17.5 Å². The Hall–Kier alpha value is -1.61. The molecule has 0 saturated heterocycles. The zero-order chi connectivity index (χ0) is 30.3. The van der Waals surface area contributed by atoms with E-state index in [0.717, 1.165) is 12.8 Å². The van der Waals surface area contributed by atoms with Crippen molar-refractivity contribution in [2.75, 3.05) is 18.6 Å². The van der Waals surface area contributed by atoms with Crippen molar-refractivity contribution in [1.29, 1.82) is 0 Å². The van der Waals surface area contributed by atoms with Gasteiger partial charge in [-0.2, -0.15) is 11.8 Å². The molecule has 2 rings (SSSR count). The van der Waals surface area contributed by atoms with Crippen LogP contribution in [0.15, 0.2) is 36.4 Å². The molecular formula is C29H42Cl2NO7PS. The lowest BCUT2D eigenvalue weighted by molar-refractivity contribution is -0.138. The predicted octanol–water partition coefficient (Wildman–Crippen LogP) is 8.71. The topological polar surface area (TPSA) is 128 Å². The van der Waals surface area contributed by atoms with Gasteiger partial charge in [0.2, 0.25) is 0 Å². The van der Waals surface area contributed by atoms with Gasteiger partial charge in [-0.1, -0.05) is 100 Å². The number of thioether (sulfide) groups is 1. The monoisotopic (exact) mass is 649 g/mol. The van der Waals surface area contributed by atoms with Gasteiger partial charge in [0.05, 0.1) is 16.7 Å². The van der Waals surface area contributed by atoms with E-state index in [1.54, 1.807) is 12.1 Å². The van der Waals surface area contributed by atoms with Crippen molar-refractivity contribution in [1.82, 2.24) is 0 Å². The molecule has 3 atom stereocenters. The van der Waals surface area contributed by atoms with E-state index in [2.05, 4.69) is 6.92 Å². The van der Waals surface area contributed by atoms with Crippen LogP contribution in [0.5, 0.6) is 17.2 Å². The number of carboxylic acid groups (broad SMARTS) is 1. The van der Waals surface area contributed by atoms with Crippen molar-refractivity contribution in [2.45, 2.75) is 83.1 Å². The highest BCUT2D eigenvalue weighted by molar-refractivity contribution is 7.98. The smallest absolute Gasteiger partial charge is 0.492 e. The summed E-state index contributed by atoms with van der Waals surface area (Å²) in [4.78, 5) is 21.7. The number of ether oxygens (including phenoxy) is 1. The maximum Gasteiger partial charge on any atom is 0.584 e. The van der Waals surface area contributed by atoms with Gasteiger partial charge in [0, 0.05) is 23.8 Å². The molecule has 0 aliphatic rings. The third-order valence-electron chi connectivity index (χ3n) is 6.55. The van der Waals surface area contributed by atoms with Gasteiger partial charge in [0.25, 0.3) is 0 Å². The molecule has 2 aromatic rings. The molecule has 0 aliphatic carbocycles. The molecule has 0 amide bonds. The lowest BCUT2D eigenvalue weighted by Gasteiger charge is -2.21. The Morgan fingerprint density at radius 2 is 1.46 bits per heavy atom. The molecule has 0 heterocycles. The van der Waals surface area contributed by atoms with Gasteiger partial charge in [-0.05, 0) is 30.4 Å². The number of halogens is 2. The van der Waals surface area contributed by atoms with Crippen molar-refractivity contribution < 1.29 is 33.1 Å². The molecular weight excluding hydrogens is 608 g/mol. The number of carbonyl (C=O) groups is 1. The number of phosphoric ester groups is 1. The molecule has 12 heteroatoms. The number of carboxylic acids is 1. The lowest BCUT2D eigenvalue weighted by atomic mass is 9.94. The lowest BCUT2D eigenvalue weighted by Crippen LogP contribution is -2.37. The highest BCUT2D eigenvalue weighted by Crippen LogP contribution is 2.48. The van der Waals surface area contributed by atoms with Gasteiger partial charge >= 0.3 is 13.8 Å². The summed E-state index contributed by atoms with van der Waals surface area (Å²) in [5.41, 5.74) is 6.50. The molecule has 0 aromatic heterocycles. The second-order valence-electron chi connectivity index (χ2n) is 9.89. The maximum absolute atomic E-state index is 12.7. The predicted molar refractivity (Wildman–Crippen MR) is 168 cm³/mol. The second kappa shape index (κ2) is 18.8. The first-order valence-electron chi connectivity index (χ1n) is 14.0. The average Bonchev–Trinajstić information content (AvgIpc) is 2.92. The molecule has 0 fully saturated rings. The highest BCUT2D eigenvalue weighted by atomic mass is 35.5. The number of benzene rings is 2. The van der Waals surface area contributed by atoms with Gasteiger partial charge < -0.3 is 24.6 Å². The second-order valence-corrected chi connectivity index (χ2v) is 12.9. The van der Waals surface area contributed by atoms with E-state index >= 15 is 0 Å². The van der Waals surface area contributed by atoms with E-state index in [4.69, 9.17) is 42.7 Å². The van der Waals surface area contributed by atoms with Crippen LogP contribution in [0, 0.1) is 0 Å². The summed E-state index contributed by atoms with van der Waals surface area (Å²) < 4.78 is 28.8. The van der Waals surface area contributed by atoms with Crippen molar-refractivity contribution in [3.8, 4) is 17.2 Å².